The van der Waals surface area contributed by atoms with E-state index in [2.05, 4.69) is 32.4 Å². The molecule has 8 heteroatoms. The number of fused-ring (bicyclic) bond motifs is 1. The van der Waals surface area contributed by atoms with Gasteiger partial charge >= 0.3 is 0 Å². The Balaban J connectivity index is 1.44. The van der Waals surface area contributed by atoms with Crippen LogP contribution >= 0.6 is 11.3 Å². The van der Waals surface area contributed by atoms with Crippen molar-refractivity contribution in [1.29, 1.82) is 0 Å². The molecule has 2 amide bonds. The fraction of sp³-hybridized carbons (Fsp3) is 0.480. The van der Waals surface area contributed by atoms with E-state index in [1.807, 2.05) is 49.7 Å². The molecule has 1 unspecified atom stereocenters. The molecule has 33 heavy (non-hydrogen) atoms. The van der Waals surface area contributed by atoms with Crippen molar-refractivity contribution < 1.29 is 9.59 Å². The number of aromatic amines is 1. The smallest absolute Gasteiger partial charge is 0.249 e. The molecule has 1 aliphatic rings. The first-order chi connectivity index (χ1) is 15.9. The lowest BCUT2D eigenvalue weighted by Gasteiger charge is -2.29. The number of H-pyrrole nitrogens is 1. The second-order valence-electron chi connectivity index (χ2n) is 9.37. The van der Waals surface area contributed by atoms with Gasteiger partial charge in [0, 0.05) is 41.4 Å². The third kappa shape index (κ3) is 6.00. The van der Waals surface area contributed by atoms with Gasteiger partial charge in [0.1, 0.15) is 6.04 Å². The third-order valence-corrected chi connectivity index (χ3v) is 7.11. The average molecular weight is 468 g/mol. The maximum atomic E-state index is 13.2. The van der Waals surface area contributed by atoms with Gasteiger partial charge in [-0.05, 0) is 43.5 Å². The van der Waals surface area contributed by atoms with Crippen LogP contribution < -0.4 is 10.6 Å². The molecular formula is C25H33N5O2S. The molecule has 0 aliphatic carbocycles. The molecule has 1 aliphatic heterocycles. The number of hydrogen-bond donors (Lipinski definition) is 3. The van der Waals surface area contributed by atoms with Crippen molar-refractivity contribution in [2.24, 2.45) is 11.8 Å². The van der Waals surface area contributed by atoms with Gasteiger partial charge in [-0.1, -0.05) is 39.0 Å². The predicted molar refractivity (Wildman–Crippen MR) is 133 cm³/mol. The average Bonchev–Trinajstić information content (AvgIpc) is 3.41. The highest BCUT2D eigenvalue weighted by atomic mass is 32.1. The molecule has 176 valence electrons. The van der Waals surface area contributed by atoms with Gasteiger partial charge in [0.05, 0.1) is 5.69 Å². The van der Waals surface area contributed by atoms with Crippen molar-refractivity contribution >= 4 is 39.2 Å². The summed E-state index contributed by atoms with van der Waals surface area (Å²) in [7, 11) is 0. The lowest BCUT2D eigenvalue weighted by molar-refractivity contribution is -0.128. The number of hydrogen-bond acceptors (Lipinski definition) is 5. The molecule has 2 aromatic heterocycles. The van der Waals surface area contributed by atoms with Crippen molar-refractivity contribution in [2.45, 2.75) is 52.6 Å². The predicted octanol–water partition coefficient (Wildman–Crippen LogP) is 4.18. The number of amides is 2. The van der Waals surface area contributed by atoms with E-state index in [9.17, 15) is 9.59 Å². The number of rotatable bonds is 8. The Kier molecular flexibility index (Phi) is 7.45. The molecule has 0 spiro atoms. The molecule has 1 aromatic carbocycles. The fourth-order valence-electron chi connectivity index (χ4n) is 4.15. The quantitative estimate of drug-likeness (QED) is 0.464. The van der Waals surface area contributed by atoms with Gasteiger partial charge in [-0.2, -0.15) is 0 Å². The SMILES string of the molecule is CC1CCN(Cc2csc(NC(=O)C(Cc3c[nH]c4ccccc34)NC(=O)C(C)C)n2)CC1. The number of nitrogens with one attached hydrogen (secondary N) is 3. The number of carbonyl (C=O) groups is 2. The molecular weight excluding hydrogens is 434 g/mol. The van der Waals surface area contributed by atoms with Gasteiger partial charge < -0.3 is 15.6 Å². The first kappa shape index (κ1) is 23.4. The second kappa shape index (κ2) is 10.5. The van der Waals surface area contributed by atoms with Crippen LogP contribution in [-0.2, 0) is 22.6 Å². The summed E-state index contributed by atoms with van der Waals surface area (Å²) in [5.41, 5.74) is 2.98. The Morgan fingerprint density at radius 2 is 1.97 bits per heavy atom. The number of piperidine rings is 1. The molecule has 3 heterocycles. The molecule has 0 radical (unpaired) electrons. The highest BCUT2D eigenvalue weighted by Crippen LogP contribution is 2.22. The van der Waals surface area contributed by atoms with Gasteiger partial charge in [0.2, 0.25) is 11.8 Å². The summed E-state index contributed by atoms with van der Waals surface area (Å²) in [6.45, 7) is 8.94. The minimum atomic E-state index is -0.685. The van der Waals surface area contributed by atoms with Crippen LogP contribution in [0.3, 0.4) is 0 Å². The number of para-hydroxylation sites is 1. The first-order valence-corrected chi connectivity index (χ1v) is 12.6. The normalized spacial score (nSPS) is 16.2. The number of nitrogens with zero attached hydrogens (tertiary/aromatic N) is 2. The van der Waals surface area contributed by atoms with Crippen LogP contribution in [0, 0.1) is 11.8 Å². The molecule has 4 rings (SSSR count). The van der Waals surface area contributed by atoms with Crippen LogP contribution in [0.2, 0.25) is 0 Å². The Morgan fingerprint density at radius 1 is 1.21 bits per heavy atom. The number of anilines is 1. The first-order valence-electron chi connectivity index (χ1n) is 11.7. The lowest BCUT2D eigenvalue weighted by Crippen LogP contribution is -2.46. The minimum absolute atomic E-state index is 0.144. The molecule has 3 aromatic rings. The summed E-state index contributed by atoms with van der Waals surface area (Å²) in [5, 5.41) is 9.49. The summed E-state index contributed by atoms with van der Waals surface area (Å²) in [6.07, 6.45) is 4.75. The van der Waals surface area contributed by atoms with Gasteiger partial charge in [0.15, 0.2) is 5.13 Å². The zero-order valence-electron chi connectivity index (χ0n) is 19.6. The fourth-order valence-corrected chi connectivity index (χ4v) is 4.85. The standard InChI is InChI=1S/C25H33N5O2S/c1-16(2)23(31)28-22(12-18-13-26-21-7-5-4-6-20(18)21)24(32)29-25-27-19(15-33-25)14-30-10-8-17(3)9-11-30/h4-7,13,15-17,22,26H,8-12,14H2,1-3H3,(H,28,31)(H,27,29,32). The minimum Gasteiger partial charge on any atom is -0.361 e. The van der Waals surface area contributed by atoms with Crippen LogP contribution in [0.4, 0.5) is 5.13 Å². The Hall–Kier alpha value is -2.71. The molecule has 1 atom stereocenters. The van der Waals surface area contributed by atoms with Crippen molar-refractivity contribution in [3.05, 3.63) is 47.1 Å². The van der Waals surface area contributed by atoms with E-state index in [4.69, 9.17) is 0 Å². The number of carbonyl (C=O) groups excluding carboxylic acids is 2. The zero-order valence-corrected chi connectivity index (χ0v) is 20.4. The van der Waals surface area contributed by atoms with E-state index in [1.165, 1.54) is 24.2 Å². The van der Waals surface area contributed by atoms with Gasteiger partial charge in [-0.15, -0.1) is 11.3 Å². The van der Waals surface area contributed by atoms with Crippen molar-refractivity contribution in [2.75, 3.05) is 18.4 Å². The highest BCUT2D eigenvalue weighted by molar-refractivity contribution is 7.13. The van der Waals surface area contributed by atoms with E-state index in [1.54, 1.807) is 0 Å². The zero-order chi connectivity index (χ0) is 23.4. The summed E-state index contributed by atoms with van der Waals surface area (Å²) >= 11 is 1.43. The van der Waals surface area contributed by atoms with Crippen molar-refractivity contribution in [1.82, 2.24) is 20.2 Å². The molecule has 3 N–H and O–H groups in total. The maximum absolute atomic E-state index is 13.2. The number of benzene rings is 1. The second-order valence-corrected chi connectivity index (χ2v) is 10.2. The van der Waals surface area contributed by atoms with Crippen LogP contribution in [0.15, 0.2) is 35.8 Å². The van der Waals surface area contributed by atoms with Gasteiger partial charge in [0.25, 0.3) is 0 Å². The summed E-state index contributed by atoms with van der Waals surface area (Å²) in [6, 6.07) is 7.28. The van der Waals surface area contributed by atoms with Crippen molar-refractivity contribution in [3.8, 4) is 0 Å². The van der Waals surface area contributed by atoms with Crippen LogP contribution in [-0.4, -0.2) is 45.8 Å². The summed E-state index contributed by atoms with van der Waals surface area (Å²) in [5.74, 6) is 0.194. The monoisotopic (exact) mass is 467 g/mol. The van der Waals surface area contributed by atoms with E-state index in [0.29, 0.717) is 11.6 Å². The Bertz CT molecular complexity index is 1100. The third-order valence-electron chi connectivity index (χ3n) is 6.30. The number of likely N-dealkylation sites (tertiary alicyclic amines) is 1. The number of aromatic nitrogens is 2. The molecule has 0 bridgehead atoms. The molecule has 0 saturated carbocycles. The Morgan fingerprint density at radius 3 is 2.73 bits per heavy atom. The van der Waals surface area contributed by atoms with Gasteiger partial charge in [-0.25, -0.2) is 4.98 Å². The van der Waals surface area contributed by atoms with Crippen LogP contribution in [0.5, 0.6) is 0 Å². The summed E-state index contributed by atoms with van der Waals surface area (Å²) < 4.78 is 0. The number of thiazole rings is 1. The molecule has 7 nitrogen and oxygen atoms in total. The van der Waals surface area contributed by atoms with Gasteiger partial charge in [-0.3, -0.25) is 14.5 Å². The van der Waals surface area contributed by atoms with E-state index >= 15 is 0 Å². The highest BCUT2D eigenvalue weighted by Gasteiger charge is 2.25. The Labute approximate surface area is 199 Å². The van der Waals surface area contributed by atoms with E-state index in [0.717, 1.165) is 47.7 Å². The van der Waals surface area contributed by atoms with E-state index in [-0.39, 0.29) is 17.7 Å². The van der Waals surface area contributed by atoms with E-state index < -0.39 is 6.04 Å². The largest absolute Gasteiger partial charge is 0.361 e. The topological polar surface area (TPSA) is 90.1 Å². The summed E-state index contributed by atoms with van der Waals surface area (Å²) in [4.78, 5) is 35.9. The van der Waals surface area contributed by atoms with Crippen molar-refractivity contribution in [3.63, 3.8) is 0 Å². The maximum Gasteiger partial charge on any atom is 0.249 e. The molecule has 1 saturated heterocycles. The molecule has 1 fully saturated rings. The lowest BCUT2D eigenvalue weighted by atomic mass is 9.99. The van der Waals surface area contributed by atoms with Crippen LogP contribution in [0.25, 0.3) is 10.9 Å². The van der Waals surface area contributed by atoms with Crippen LogP contribution in [0.1, 0.15) is 44.9 Å².